The van der Waals surface area contributed by atoms with Gasteiger partial charge in [0.25, 0.3) is 0 Å². The van der Waals surface area contributed by atoms with Crippen molar-refractivity contribution >= 4 is 6.29 Å². The lowest BCUT2D eigenvalue weighted by Gasteiger charge is -2.17. The van der Waals surface area contributed by atoms with Crippen LogP contribution >= 0.6 is 0 Å². The third kappa shape index (κ3) is 3.21. The number of halogens is 1. The first-order valence-electron chi connectivity index (χ1n) is 7.33. The van der Waals surface area contributed by atoms with E-state index in [1.54, 1.807) is 12.1 Å². The molecule has 0 aliphatic carbocycles. The molecule has 0 N–H and O–H groups in total. The van der Waals surface area contributed by atoms with Crippen molar-refractivity contribution in [3.05, 3.63) is 58.9 Å². The van der Waals surface area contributed by atoms with Gasteiger partial charge in [-0.15, -0.1) is 0 Å². The maximum Gasteiger partial charge on any atom is 0.150 e. The van der Waals surface area contributed by atoms with E-state index in [1.165, 1.54) is 11.6 Å². The van der Waals surface area contributed by atoms with E-state index < -0.39 is 0 Å². The standard InChI is InChI=1S/C19H21FO/c1-12(2)15-6-8-16(18(10-15)13(3)4)17-7-5-14(11-21)9-19(17)20/h5-13H,1-4H3. The van der Waals surface area contributed by atoms with Gasteiger partial charge in [0.15, 0.2) is 0 Å². The molecule has 0 spiro atoms. The van der Waals surface area contributed by atoms with Crippen molar-refractivity contribution in [3.8, 4) is 11.1 Å². The van der Waals surface area contributed by atoms with Crippen molar-refractivity contribution in [1.29, 1.82) is 0 Å². The molecular weight excluding hydrogens is 263 g/mol. The maximum atomic E-state index is 14.3. The molecule has 110 valence electrons. The van der Waals surface area contributed by atoms with E-state index in [0.717, 1.165) is 11.1 Å². The largest absolute Gasteiger partial charge is 0.298 e. The van der Waals surface area contributed by atoms with E-state index in [4.69, 9.17) is 0 Å². The summed E-state index contributed by atoms with van der Waals surface area (Å²) in [6.45, 7) is 8.53. The summed E-state index contributed by atoms with van der Waals surface area (Å²) in [5.41, 5.74) is 4.22. The van der Waals surface area contributed by atoms with E-state index in [2.05, 4.69) is 39.8 Å². The van der Waals surface area contributed by atoms with E-state index >= 15 is 0 Å². The van der Waals surface area contributed by atoms with E-state index in [9.17, 15) is 9.18 Å². The van der Waals surface area contributed by atoms with Crippen molar-refractivity contribution in [1.82, 2.24) is 0 Å². The van der Waals surface area contributed by atoms with Gasteiger partial charge in [-0.05, 0) is 34.6 Å². The molecule has 0 saturated carbocycles. The van der Waals surface area contributed by atoms with Crippen LogP contribution in [0, 0.1) is 5.82 Å². The maximum absolute atomic E-state index is 14.3. The fourth-order valence-electron chi connectivity index (χ4n) is 2.49. The second-order valence-electron chi connectivity index (χ2n) is 6.01. The zero-order valence-electron chi connectivity index (χ0n) is 13.0. The predicted molar refractivity (Wildman–Crippen MR) is 85.4 cm³/mol. The van der Waals surface area contributed by atoms with Crippen molar-refractivity contribution in [3.63, 3.8) is 0 Å². The van der Waals surface area contributed by atoms with Crippen LogP contribution < -0.4 is 0 Å². The SMILES string of the molecule is CC(C)c1ccc(-c2ccc(C=O)cc2F)c(C(C)C)c1. The fraction of sp³-hybridized carbons (Fsp3) is 0.316. The van der Waals surface area contributed by atoms with Gasteiger partial charge in [0.1, 0.15) is 12.1 Å². The number of benzene rings is 2. The Balaban J connectivity index is 2.60. The van der Waals surface area contributed by atoms with Crippen molar-refractivity contribution in [2.75, 3.05) is 0 Å². The van der Waals surface area contributed by atoms with Crippen LogP contribution in [-0.4, -0.2) is 6.29 Å². The quantitative estimate of drug-likeness (QED) is 0.672. The third-order valence-corrected chi connectivity index (χ3v) is 3.78. The zero-order chi connectivity index (χ0) is 15.6. The van der Waals surface area contributed by atoms with E-state index in [-0.39, 0.29) is 5.82 Å². The van der Waals surface area contributed by atoms with Crippen LogP contribution in [0.2, 0.25) is 0 Å². The summed E-state index contributed by atoms with van der Waals surface area (Å²) in [5.74, 6) is 0.404. The number of carbonyl (C=O) groups excluding carboxylic acids is 1. The van der Waals surface area contributed by atoms with Gasteiger partial charge < -0.3 is 0 Å². The van der Waals surface area contributed by atoms with Crippen LogP contribution in [0.25, 0.3) is 11.1 Å². The Morgan fingerprint density at radius 2 is 1.57 bits per heavy atom. The zero-order valence-corrected chi connectivity index (χ0v) is 13.0. The first-order valence-corrected chi connectivity index (χ1v) is 7.33. The number of aldehydes is 1. The normalized spacial score (nSPS) is 11.2. The van der Waals surface area contributed by atoms with Gasteiger partial charge in [0, 0.05) is 11.1 Å². The molecule has 0 heterocycles. The number of hydrogen-bond donors (Lipinski definition) is 0. The molecule has 2 aromatic carbocycles. The molecule has 0 saturated heterocycles. The summed E-state index contributed by atoms with van der Waals surface area (Å²) in [6, 6.07) is 10.9. The number of rotatable bonds is 4. The van der Waals surface area contributed by atoms with E-state index in [0.29, 0.717) is 29.2 Å². The average Bonchev–Trinajstić information content (AvgIpc) is 2.46. The van der Waals surface area contributed by atoms with E-state index in [1.807, 2.05) is 6.07 Å². The van der Waals surface area contributed by atoms with Crippen LogP contribution in [0.1, 0.15) is 61.0 Å². The molecule has 2 heteroatoms. The Morgan fingerprint density at radius 3 is 2.10 bits per heavy atom. The molecule has 0 bridgehead atoms. The molecule has 0 atom stereocenters. The van der Waals surface area contributed by atoms with Crippen LogP contribution in [0.15, 0.2) is 36.4 Å². The summed E-state index contributed by atoms with van der Waals surface area (Å²) < 4.78 is 14.3. The molecule has 0 fully saturated rings. The summed E-state index contributed by atoms with van der Waals surface area (Å²) in [4.78, 5) is 10.7. The van der Waals surface area contributed by atoms with Crippen LogP contribution in [0.3, 0.4) is 0 Å². The lowest BCUT2D eigenvalue weighted by molar-refractivity contribution is 0.112. The Labute approximate surface area is 125 Å². The Bertz CT molecular complexity index is 657. The highest BCUT2D eigenvalue weighted by atomic mass is 19.1. The number of hydrogen-bond acceptors (Lipinski definition) is 1. The summed E-state index contributed by atoms with van der Waals surface area (Å²) in [7, 11) is 0. The average molecular weight is 284 g/mol. The minimum atomic E-state index is -0.348. The lowest BCUT2D eigenvalue weighted by Crippen LogP contribution is -1.98. The Kier molecular flexibility index (Phi) is 4.56. The molecular formula is C19H21FO. The fourth-order valence-corrected chi connectivity index (χ4v) is 2.49. The van der Waals surface area contributed by atoms with Crippen LogP contribution in [0.5, 0.6) is 0 Å². The molecule has 0 aliphatic rings. The number of carbonyl (C=O) groups is 1. The molecule has 0 amide bonds. The minimum absolute atomic E-state index is 0.309. The van der Waals surface area contributed by atoms with Gasteiger partial charge in [-0.1, -0.05) is 58.0 Å². The third-order valence-electron chi connectivity index (χ3n) is 3.78. The van der Waals surface area contributed by atoms with Crippen LogP contribution in [0.4, 0.5) is 4.39 Å². The summed E-state index contributed by atoms with van der Waals surface area (Å²) in [6.07, 6.45) is 0.665. The van der Waals surface area contributed by atoms with Gasteiger partial charge in [0.2, 0.25) is 0 Å². The lowest BCUT2D eigenvalue weighted by atomic mass is 9.88. The summed E-state index contributed by atoms with van der Waals surface area (Å²) in [5, 5.41) is 0. The van der Waals surface area contributed by atoms with Gasteiger partial charge >= 0.3 is 0 Å². The molecule has 0 aromatic heterocycles. The molecule has 2 aromatic rings. The van der Waals surface area contributed by atoms with Gasteiger partial charge in [-0.3, -0.25) is 4.79 Å². The van der Waals surface area contributed by atoms with Crippen molar-refractivity contribution < 1.29 is 9.18 Å². The highest BCUT2D eigenvalue weighted by Crippen LogP contribution is 2.33. The molecule has 0 unspecified atom stereocenters. The topological polar surface area (TPSA) is 17.1 Å². The second kappa shape index (κ2) is 6.21. The smallest absolute Gasteiger partial charge is 0.150 e. The molecule has 2 rings (SSSR count). The first-order chi connectivity index (χ1) is 9.93. The molecule has 0 aliphatic heterocycles. The van der Waals surface area contributed by atoms with Gasteiger partial charge in [-0.2, -0.15) is 0 Å². The first kappa shape index (κ1) is 15.4. The highest BCUT2D eigenvalue weighted by molar-refractivity contribution is 5.78. The predicted octanol–water partition coefficient (Wildman–Crippen LogP) is 5.55. The Morgan fingerprint density at radius 1 is 0.905 bits per heavy atom. The highest BCUT2D eigenvalue weighted by Gasteiger charge is 2.14. The van der Waals surface area contributed by atoms with Crippen LogP contribution in [-0.2, 0) is 0 Å². The van der Waals surface area contributed by atoms with Crippen molar-refractivity contribution in [2.45, 2.75) is 39.5 Å². The van der Waals surface area contributed by atoms with Gasteiger partial charge in [0.05, 0.1) is 0 Å². The molecule has 0 radical (unpaired) electrons. The van der Waals surface area contributed by atoms with Gasteiger partial charge in [-0.25, -0.2) is 4.39 Å². The molecule has 1 nitrogen and oxygen atoms in total. The van der Waals surface area contributed by atoms with Crippen molar-refractivity contribution in [2.24, 2.45) is 0 Å². The molecule has 21 heavy (non-hydrogen) atoms. The summed E-state index contributed by atoms with van der Waals surface area (Å²) >= 11 is 0. The Hall–Kier alpha value is -1.96. The second-order valence-corrected chi connectivity index (χ2v) is 6.01. The minimum Gasteiger partial charge on any atom is -0.298 e. The monoisotopic (exact) mass is 284 g/mol.